The summed E-state index contributed by atoms with van der Waals surface area (Å²) >= 11 is 0. The summed E-state index contributed by atoms with van der Waals surface area (Å²) in [6.45, 7) is 10.2. The van der Waals surface area contributed by atoms with E-state index in [0.29, 0.717) is 0 Å². The van der Waals surface area contributed by atoms with Gasteiger partial charge in [-0.3, -0.25) is 0 Å². The second-order valence-corrected chi connectivity index (χ2v) is 5.83. The van der Waals surface area contributed by atoms with E-state index >= 15 is 0 Å². The van der Waals surface area contributed by atoms with E-state index in [4.69, 9.17) is 0 Å². The molecule has 3 atom stereocenters. The van der Waals surface area contributed by atoms with Crippen LogP contribution in [0.2, 0.25) is 0 Å². The van der Waals surface area contributed by atoms with Gasteiger partial charge < -0.3 is 5.32 Å². The van der Waals surface area contributed by atoms with Crippen LogP contribution < -0.4 is 5.32 Å². The first-order valence-electron chi connectivity index (χ1n) is 7.47. The van der Waals surface area contributed by atoms with Gasteiger partial charge in [-0.15, -0.1) is 0 Å². The molecule has 0 aliphatic heterocycles. The van der Waals surface area contributed by atoms with Crippen molar-refractivity contribution in [3.63, 3.8) is 0 Å². The summed E-state index contributed by atoms with van der Waals surface area (Å²) in [6, 6.07) is 7.66. The van der Waals surface area contributed by atoms with Crippen LogP contribution in [-0.2, 0) is 0 Å². The standard InChI is InChI=1S/C17H27N/c1-5-9-18-17-11-16(14(17)6-2)15-10-12(3)7-8-13(15)4/h7-8,10,14,16-18H,5-6,9,11H2,1-4H3. The Morgan fingerprint density at radius 2 is 2.00 bits per heavy atom. The molecule has 1 fully saturated rings. The second-order valence-electron chi connectivity index (χ2n) is 5.83. The fraction of sp³-hybridized carbons (Fsp3) is 0.647. The van der Waals surface area contributed by atoms with Crippen molar-refractivity contribution < 1.29 is 0 Å². The molecule has 1 aliphatic carbocycles. The van der Waals surface area contributed by atoms with Gasteiger partial charge in [0.05, 0.1) is 0 Å². The normalized spacial score (nSPS) is 27.0. The highest BCUT2D eigenvalue weighted by molar-refractivity contribution is 5.36. The average Bonchev–Trinajstić information content (AvgIpc) is 2.33. The van der Waals surface area contributed by atoms with Crippen molar-refractivity contribution >= 4 is 0 Å². The van der Waals surface area contributed by atoms with Crippen molar-refractivity contribution in [3.8, 4) is 0 Å². The van der Waals surface area contributed by atoms with Crippen molar-refractivity contribution in [1.82, 2.24) is 5.32 Å². The van der Waals surface area contributed by atoms with E-state index in [9.17, 15) is 0 Å². The lowest BCUT2D eigenvalue weighted by Gasteiger charge is -2.46. The summed E-state index contributed by atoms with van der Waals surface area (Å²) in [6.07, 6.45) is 3.85. The van der Waals surface area contributed by atoms with Crippen molar-refractivity contribution in [3.05, 3.63) is 34.9 Å². The minimum absolute atomic E-state index is 0.750. The van der Waals surface area contributed by atoms with Crippen molar-refractivity contribution in [1.29, 1.82) is 0 Å². The highest BCUT2D eigenvalue weighted by atomic mass is 14.9. The van der Waals surface area contributed by atoms with Crippen LogP contribution in [0.25, 0.3) is 0 Å². The Labute approximate surface area is 112 Å². The van der Waals surface area contributed by atoms with Gasteiger partial charge in [-0.05, 0) is 56.2 Å². The van der Waals surface area contributed by atoms with Crippen LogP contribution in [0.3, 0.4) is 0 Å². The zero-order chi connectivity index (χ0) is 13.1. The van der Waals surface area contributed by atoms with Crippen LogP contribution in [-0.4, -0.2) is 12.6 Å². The van der Waals surface area contributed by atoms with Gasteiger partial charge in [0.15, 0.2) is 0 Å². The minimum Gasteiger partial charge on any atom is -0.314 e. The Morgan fingerprint density at radius 1 is 1.22 bits per heavy atom. The maximum Gasteiger partial charge on any atom is 0.0107 e. The van der Waals surface area contributed by atoms with Gasteiger partial charge in [-0.1, -0.05) is 44.0 Å². The van der Waals surface area contributed by atoms with E-state index in [1.807, 2.05) is 0 Å². The average molecular weight is 245 g/mol. The lowest BCUT2D eigenvalue weighted by Crippen LogP contribution is -2.49. The van der Waals surface area contributed by atoms with E-state index in [0.717, 1.165) is 17.9 Å². The van der Waals surface area contributed by atoms with Gasteiger partial charge in [0.2, 0.25) is 0 Å². The maximum absolute atomic E-state index is 3.70. The Morgan fingerprint density at radius 3 is 2.67 bits per heavy atom. The molecule has 1 saturated carbocycles. The smallest absolute Gasteiger partial charge is 0.0107 e. The fourth-order valence-corrected chi connectivity index (χ4v) is 3.36. The third-order valence-corrected chi connectivity index (χ3v) is 4.50. The molecule has 0 bridgehead atoms. The highest BCUT2D eigenvalue weighted by Gasteiger charge is 2.40. The molecular formula is C17H27N. The second kappa shape index (κ2) is 5.88. The molecule has 1 N–H and O–H groups in total. The van der Waals surface area contributed by atoms with E-state index in [1.54, 1.807) is 5.56 Å². The number of rotatable bonds is 5. The van der Waals surface area contributed by atoms with Crippen LogP contribution in [0.15, 0.2) is 18.2 Å². The number of aryl methyl sites for hydroxylation is 2. The molecule has 100 valence electrons. The summed E-state index contributed by atoms with van der Waals surface area (Å²) in [5.41, 5.74) is 4.46. The van der Waals surface area contributed by atoms with Crippen LogP contribution in [0.4, 0.5) is 0 Å². The van der Waals surface area contributed by atoms with Gasteiger partial charge >= 0.3 is 0 Å². The summed E-state index contributed by atoms with van der Waals surface area (Å²) in [4.78, 5) is 0. The summed E-state index contributed by atoms with van der Waals surface area (Å²) < 4.78 is 0. The van der Waals surface area contributed by atoms with Crippen molar-refractivity contribution in [2.24, 2.45) is 5.92 Å². The fourth-order valence-electron chi connectivity index (χ4n) is 3.36. The van der Waals surface area contributed by atoms with E-state index < -0.39 is 0 Å². The molecule has 18 heavy (non-hydrogen) atoms. The van der Waals surface area contributed by atoms with Crippen LogP contribution >= 0.6 is 0 Å². The number of benzene rings is 1. The number of nitrogens with one attached hydrogen (secondary N) is 1. The van der Waals surface area contributed by atoms with E-state index in [2.05, 4.69) is 51.2 Å². The van der Waals surface area contributed by atoms with Gasteiger partial charge in [-0.25, -0.2) is 0 Å². The predicted octanol–water partition coefficient (Wildman–Crippen LogP) is 4.19. The summed E-state index contributed by atoms with van der Waals surface area (Å²) in [5, 5.41) is 3.70. The summed E-state index contributed by atoms with van der Waals surface area (Å²) in [7, 11) is 0. The Bertz CT molecular complexity index is 397. The number of hydrogen-bond acceptors (Lipinski definition) is 1. The third kappa shape index (κ3) is 2.61. The molecule has 0 radical (unpaired) electrons. The number of hydrogen-bond donors (Lipinski definition) is 1. The quantitative estimate of drug-likeness (QED) is 0.820. The van der Waals surface area contributed by atoms with Crippen LogP contribution in [0.1, 0.15) is 55.7 Å². The van der Waals surface area contributed by atoms with Gasteiger partial charge in [0.1, 0.15) is 0 Å². The molecule has 1 nitrogen and oxygen atoms in total. The predicted molar refractivity (Wildman–Crippen MR) is 79.1 cm³/mol. The first kappa shape index (κ1) is 13.6. The Balaban J connectivity index is 2.08. The van der Waals surface area contributed by atoms with Gasteiger partial charge in [0.25, 0.3) is 0 Å². The molecule has 0 heterocycles. The van der Waals surface area contributed by atoms with E-state index in [-0.39, 0.29) is 0 Å². The molecule has 0 saturated heterocycles. The first-order valence-corrected chi connectivity index (χ1v) is 7.47. The molecule has 0 spiro atoms. The molecule has 1 heteroatoms. The molecule has 3 unspecified atom stereocenters. The molecule has 1 aromatic carbocycles. The Kier molecular flexibility index (Phi) is 4.45. The zero-order valence-electron chi connectivity index (χ0n) is 12.3. The lowest BCUT2D eigenvalue weighted by molar-refractivity contribution is 0.160. The lowest BCUT2D eigenvalue weighted by atomic mass is 9.64. The minimum atomic E-state index is 0.750. The molecule has 2 rings (SSSR count). The molecule has 0 amide bonds. The summed E-state index contributed by atoms with van der Waals surface area (Å²) in [5.74, 6) is 1.61. The highest BCUT2D eigenvalue weighted by Crippen LogP contribution is 2.45. The van der Waals surface area contributed by atoms with E-state index in [1.165, 1.54) is 36.9 Å². The van der Waals surface area contributed by atoms with Crippen molar-refractivity contribution in [2.45, 2.75) is 58.9 Å². The Hall–Kier alpha value is -0.820. The third-order valence-electron chi connectivity index (χ3n) is 4.50. The molecular weight excluding hydrogens is 218 g/mol. The SMILES string of the molecule is CCCNC1CC(c2cc(C)ccc2C)C1CC. The zero-order valence-corrected chi connectivity index (χ0v) is 12.3. The molecule has 1 aliphatic rings. The monoisotopic (exact) mass is 245 g/mol. The van der Waals surface area contributed by atoms with Gasteiger partial charge in [-0.2, -0.15) is 0 Å². The first-order chi connectivity index (χ1) is 8.67. The maximum atomic E-state index is 3.70. The topological polar surface area (TPSA) is 12.0 Å². The molecule has 0 aromatic heterocycles. The van der Waals surface area contributed by atoms with Crippen molar-refractivity contribution in [2.75, 3.05) is 6.54 Å². The molecule has 1 aromatic rings. The largest absolute Gasteiger partial charge is 0.314 e. The van der Waals surface area contributed by atoms with Crippen LogP contribution in [0.5, 0.6) is 0 Å². The van der Waals surface area contributed by atoms with Crippen LogP contribution in [0, 0.1) is 19.8 Å². The van der Waals surface area contributed by atoms with Gasteiger partial charge in [0, 0.05) is 6.04 Å².